The number of nitrogens with one attached hydrogen (secondary N) is 2. The van der Waals surface area contributed by atoms with E-state index in [4.69, 9.17) is 0 Å². The van der Waals surface area contributed by atoms with Crippen LogP contribution in [0.25, 0.3) is 0 Å². The van der Waals surface area contributed by atoms with Crippen molar-refractivity contribution in [2.24, 2.45) is 4.99 Å². The van der Waals surface area contributed by atoms with Crippen molar-refractivity contribution in [3.8, 4) is 0 Å². The van der Waals surface area contributed by atoms with Crippen LogP contribution < -0.4 is 10.6 Å². The van der Waals surface area contributed by atoms with Gasteiger partial charge in [0.25, 0.3) is 5.91 Å². The van der Waals surface area contributed by atoms with Crippen molar-refractivity contribution >= 4 is 35.8 Å². The first kappa shape index (κ1) is 18.7. The van der Waals surface area contributed by atoms with Crippen LogP contribution in [0.4, 0.5) is 0 Å². The van der Waals surface area contributed by atoms with E-state index in [0.717, 1.165) is 30.1 Å². The summed E-state index contributed by atoms with van der Waals surface area (Å²) in [6.07, 6.45) is 0.843. The Morgan fingerprint density at radius 1 is 1.35 bits per heavy atom. The second kappa shape index (κ2) is 9.57. The molecule has 6 heteroatoms. The summed E-state index contributed by atoms with van der Waals surface area (Å²) in [4.78, 5) is 17.5. The Hall–Kier alpha value is -1.31. The summed E-state index contributed by atoms with van der Waals surface area (Å²) in [6.45, 7) is 0.771. The molecule has 5 nitrogen and oxygen atoms in total. The molecule has 0 spiro atoms. The maximum atomic E-state index is 11.9. The molecule has 0 heterocycles. The van der Waals surface area contributed by atoms with Crippen molar-refractivity contribution < 1.29 is 4.79 Å². The maximum absolute atomic E-state index is 11.9. The van der Waals surface area contributed by atoms with E-state index in [1.54, 1.807) is 26.0 Å². The molecule has 2 N–H and O–H groups in total. The van der Waals surface area contributed by atoms with Gasteiger partial charge >= 0.3 is 0 Å². The van der Waals surface area contributed by atoms with Gasteiger partial charge in [-0.05, 0) is 24.1 Å². The van der Waals surface area contributed by atoms with Crippen LogP contribution in [0, 0.1) is 0 Å². The fourth-order valence-electron chi connectivity index (χ4n) is 1.72. The van der Waals surface area contributed by atoms with Crippen molar-refractivity contribution in [3.63, 3.8) is 0 Å². The molecule has 1 aromatic rings. The highest BCUT2D eigenvalue weighted by atomic mass is 127. The number of carbonyl (C=O) groups is 1. The molecular formula is C14H23IN4O. The number of amides is 1. The van der Waals surface area contributed by atoms with Gasteiger partial charge in [-0.2, -0.15) is 0 Å². The normalized spacial score (nSPS) is 10.5. The summed E-state index contributed by atoms with van der Waals surface area (Å²) in [7, 11) is 7.07. The molecule has 1 amide bonds. The monoisotopic (exact) mass is 390 g/mol. The second-order valence-electron chi connectivity index (χ2n) is 4.40. The molecule has 0 radical (unpaired) electrons. The van der Waals surface area contributed by atoms with E-state index in [1.807, 2.05) is 31.3 Å². The fraction of sp³-hybridized carbons (Fsp3) is 0.429. The Morgan fingerprint density at radius 2 is 2.05 bits per heavy atom. The van der Waals surface area contributed by atoms with Gasteiger partial charge < -0.3 is 15.5 Å². The van der Waals surface area contributed by atoms with Gasteiger partial charge in [-0.15, -0.1) is 24.0 Å². The van der Waals surface area contributed by atoms with E-state index >= 15 is 0 Å². The number of aliphatic imine (C=N–C) groups is 1. The Morgan fingerprint density at radius 3 is 2.60 bits per heavy atom. The van der Waals surface area contributed by atoms with Gasteiger partial charge in [-0.25, -0.2) is 0 Å². The molecule has 0 bridgehead atoms. The third-order valence-electron chi connectivity index (χ3n) is 2.75. The number of rotatable bonds is 4. The lowest BCUT2D eigenvalue weighted by atomic mass is 10.1. The van der Waals surface area contributed by atoms with Crippen molar-refractivity contribution in [3.05, 3.63) is 35.4 Å². The van der Waals surface area contributed by atoms with Crippen LogP contribution in [0.5, 0.6) is 0 Å². The molecule has 20 heavy (non-hydrogen) atoms. The second-order valence-corrected chi connectivity index (χ2v) is 4.40. The van der Waals surface area contributed by atoms with Gasteiger partial charge in [0, 0.05) is 40.3 Å². The minimum Gasteiger partial charge on any atom is -0.359 e. The van der Waals surface area contributed by atoms with Crippen molar-refractivity contribution in [1.29, 1.82) is 0 Å². The topological polar surface area (TPSA) is 56.7 Å². The average molecular weight is 390 g/mol. The molecule has 0 aliphatic carbocycles. The summed E-state index contributed by atoms with van der Waals surface area (Å²) in [5.41, 5.74) is 1.85. The minimum absolute atomic E-state index is 0. The number of carbonyl (C=O) groups excluding carboxylic acids is 1. The van der Waals surface area contributed by atoms with E-state index < -0.39 is 0 Å². The molecule has 0 unspecified atom stereocenters. The average Bonchev–Trinajstić information content (AvgIpc) is 2.43. The lowest BCUT2D eigenvalue weighted by molar-refractivity contribution is 0.0827. The summed E-state index contributed by atoms with van der Waals surface area (Å²) in [5, 5.41) is 6.14. The standard InChI is InChI=1S/C14H22N4O.HI/c1-15-14(16-2)17-9-8-11-6-5-7-12(10-11)13(19)18(3)4;/h5-7,10H,8-9H2,1-4H3,(H2,15,16,17);1H. The van der Waals surface area contributed by atoms with E-state index in [0.29, 0.717) is 0 Å². The molecule has 0 aromatic heterocycles. The number of nitrogens with zero attached hydrogens (tertiary/aromatic N) is 2. The van der Waals surface area contributed by atoms with Crippen LogP contribution in [-0.2, 0) is 6.42 Å². The van der Waals surface area contributed by atoms with E-state index in [2.05, 4.69) is 15.6 Å². The Balaban J connectivity index is 0.00000361. The van der Waals surface area contributed by atoms with Gasteiger partial charge in [0.2, 0.25) is 0 Å². The molecule has 0 aliphatic heterocycles. The van der Waals surface area contributed by atoms with Gasteiger partial charge in [-0.3, -0.25) is 9.79 Å². The third-order valence-corrected chi connectivity index (χ3v) is 2.75. The van der Waals surface area contributed by atoms with Crippen molar-refractivity contribution in [1.82, 2.24) is 15.5 Å². The summed E-state index contributed by atoms with van der Waals surface area (Å²) in [5.74, 6) is 0.793. The predicted octanol–water partition coefficient (Wildman–Crippen LogP) is 1.34. The summed E-state index contributed by atoms with van der Waals surface area (Å²) < 4.78 is 0. The van der Waals surface area contributed by atoms with Crippen molar-refractivity contribution in [2.75, 3.05) is 34.7 Å². The highest BCUT2D eigenvalue weighted by Crippen LogP contribution is 2.07. The zero-order valence-corrected chi connectivity index (χ0v) is 14.8. The van der Waals surface area contributed by atoms with Gasteiger partial charge in [-0.1, -0.05) is 12.1 Å². The molecule has 112 valence electrons. The predicted molar refractivity (Wildman–Crippen MR) is 94.0 cm³/mol. The number of halogens is 1. The number of hydrogen-bond donors (Lipinski definition) is 2. The van der Waals surface area contributed by atoms with Crippen LogP contribution in [0.15, 0.2) is 29.3 Å². The Labute approximate surface area is 137 Å². The van der Waals surface area contributed by atoms with E-state index in [-0.39, 0.29) is 29.9 Å². The molecule has 0 saturated carbocycles. The summed E-state index contributed by atoms with van der Waals surface area (Å²) >= 11 is 0. The lowest BCUT2D eigenvalue weighted by Crippen LogP contribution is -2.35. The van der Waals surface area contributed by atoms with Crippen LogP contribution in [-0.4, -0.2) is 51.5 Å². The zero-order chi connectivity index (χ0) is 14.3. The third kappa shape index (κ3) is 5.77. The fourth-order valence-corrected chi connectivity index (χ4v) is 1.72. The highest BCUT2D eigenvalue weighted by molar-refractivity contribution is 14.0. The quantitative estimate of drug-likeness (QED) is 0.464. The highest BCUT2D eigenvalue weighted by Gasteiger charge is 2.07. The zero-order valence-electron chi connectivity index (χ0n) is 12.4. The molecule has 1 rings (SSSR count). The first-order valence-electron chi connectivity index (χ1n) is 6.27. The van der Waals surface area contributed by atoms with Crippen molar-refractivity contribution in [2.45, 2.75) is 6.42 Å². The van der Waals surface area contributed by atoms with Gasteiger partial charge in [0.1, 0.15) is 0 Å². The number of guanidine groups is 1. The molecule has 0 fully saturated rings. The molecular weight excluding hydrogens is 367 g/mol. The number of benzene rings is 1. The van der Waals surface area contributed by atoms with Crippen LogP contribution in [0.2, 0.25) is 0 Å². The van der Waals surface area contributed by atoms with E-state index in [9.17, 15) is 4.79 Å². The minimum atomic E-state index is 0. The molecule has 0 saturated heterocycles. The first-order valence-corrected chi connectivity index (χ1v) is 6.27. The number of hydrogen-bond acceptors (Lipinski definition) is 2. The SMILES string of the molecule is CN=C(NC)NCCc1cccc(C(=O)N(C)C)c1.I. The largest absolute Gasteiger partial charge is 0.359 e. The molecule has 0 aliphatic rings. The molecule has 1 aromatic carbocycles. The lowest BCUT2D eigenvalue weighted by Gasteiger charge is -2.12. The maximum Gasteiger partial charge on any atom is 0.253 e. The first-order chi connectivity index (χ1) is 9.08. The molecule has 0 atom stereocenters. The Kier molecular flexibility index (Phi) is 8.94. The summed E-state index contributed by atoms with van der Waals surface area (Å²) in [6, 6.07) is 7.72. The van der Waals surface area contributed by atoms with Crippen LogP contribution in [0.3, 0.4) is 0 Å². The van der Waals surface area contributed by atoms with Gasteiger partial charge in [0.05, 0.1) is 0 Å². The van der Waals surface area contributed by atoms with E-state index in [1.165, 1.54) is 0 Å². The van der Waals surface area contributed by atoms with Crippen LogP contribution >= 0.6 is 24.0 Å². The van der Waals surface area contributed by atoms with Gasteiger partial charge in [0.15, 0.2) is 5.96 Å². The Bertz CT molecular complexity index is 460. The smallest absolute Gasteiger partial charge is 0.253 e. The van der Waals surface area contributed by atoms with Crippen LogP contribution in [0.1, 0.15) is 15.9 Å².